The number of amides is 2. The number of nitrogens with one attached hydrogen (secondary N) is 2. The maximum Gasteiger partial charge on any atom is 0.326 e. The first-order chi connectivity index (χ1) is 14.6. The molecular formula is C21H20BrN3O6. The summed E-state index contributed by atoms with van der Waals surface area (Å²) in [5, 5.41) is 25.2. The van der Waals surface area contributed by atoms with Crippen LogP contribution in [0.4, 0.5) is 5.69 Å². The minimum atomic E-state index is -1.23. The van der Waals surface area contributed by atoms with E-state index in [0.717, 1.165) is 0 Å². The quantitative estimate of drug-likeness (QED) is 0.295. The number of aliphatic carboxylic acids is 1. The highest BCUT2D eigenvalue weighted by molar-refractivity contribution is 9.10. The lowest BCUT2D eigenvalue weighted by Crippen LogP contribution is -2.47. The molecule has 0 fully saturated rings. The van der Waals surface area contributed by atoms with E-state index in [4.69, 9.17) is 0 Å². The summed E-state index contributed by atoms with van der Waals surface area (Å²) in [6.07, 6.45) is 1.25. The second-order valence-corrected chi connectivity index (χ2v) is 7.73. The van der Waals surface area contributed by atoms with Gasteiger partial charge in [-0.3, -0.25) is 19.7 Å². The normalized spacial score (nSPS) is 12.2. The second-order valence-electron chi connectivity index (χ2n) is 6.88. The average molecular weight is 490 g/mol. The van der Waals surface area contributed by atoms with Gasteiger partial charge >= 0.3 is 5.97 Å². The fraction of sp³-hybridized carbons (Fsp3) is 0.190. The molecule has 0 heterocycles. The van der Waals surface area contributed by atoms with Gasteiger partial charge in [0.05, 0.1) is 10.5 Å². The van der Waals surface area contributed by atoms with Crippen LogP contribution < -0.4 is 10.6 Å². The van der Waals surface area contributed by atoms with Crippen molar-refractivity contribution in [1.82, 2.24) is 10.6 Å². The van der Waals surface area contributed by atoms with Gasteiger partial charge in [0.15, 0.2) is 0 Å². The average Bonchev–Trinajstić information content (AvgIpc) is 2.71. The molecule has 0 spiro atoms. The summed E-state index contributed by atoms with van der Waals surface area (Å²) in [5.74, 6) is -3.10. The Bertz CT molecular complexity index is 1050. The van der Waals surface area contributed by atoms with Crippen LogP contribution >= 0.6 is 15.9 Å². The summed E-state index contributed by atoms with van der Waals surface area (Å²) in [4.78, 5) is 47.5. The summed E-state index contributed by atoms with van der Waals surface area (Å²) in [7, 11) is 0. The van der Waals surface area contributed by atoms with Gasteiger partial charge < -0.3 is 15.7 Å². The maximum atomic E-state index is 12.8. The van der Waals surface area contributed by atoms with Gasteiger partial charge in [-0.1, -0.05) is 38.1 Å². The predicted octanol–water partition coefficient (Wildman–Crippen LogP) is 3.35. The number of carboxylic acid groups (broad SMARTS) is 1. The van der Waals surface area contributed by atoms with Gasteiger partial charge in [-0.15, -0.1) is 0 Å². The van der Waals surface area contributed by atoms with E-state index >= 15 is 0 Å². The van der Waals surface area contributed by atoms with Gasteiger partial charge in [0, 0.05) is 16.6 Å². The van der Waals surface area contributed by atoms with Crippen LogP contribution in [0.1, 0.15) is 29.8 Å². The third kappa shape index (κ3) is 6.48. The summed E-state index contributed by atoms with van der Waals surface area (Å²) in [6, 6.07) is 10.8. The topological polar surface area (TPSA) is 139 Å². The molecule has 2 rings (SSSR count). The molecule has 0 unspecified atom stereocenters. The van der Waals surface area contributed by atoms with Crippen molar-refractivity contribution in [2.75, 3.05) is 0 Å². The Labute approximate surface area is 186 Å². The van der Waals surface area contributed by atoms with Crippen LogP contribution in [0.3, 0.4) is 0 Å². The molecule has 2 amide bonds. The van der Waals surface area contributed by atoms with Crippen LogP contribution in [0.2, 0.25) is 0 Å². The van der Waals surface area contributed by atoms with Crippen LogP contribution in [-0.2, 0) is 9.59 Å². The Balaban J connectivity index is 2.43. The number of hydrogen-bond donors (Lipinski definition) is 3. The minimum absolute atomic E-state index is 0.198. The fourth-order valence-electron chi connectivity index (χ4n) is 2.62. The SMILES string of the molecule is CC(C)[C@@H](NC(=O)/C(=C\c1cccc([N+](=O)[O-])c1)NC(=O)c1ccccc1Br)C(=O)O. The summed E-state index contributed by atoms with van der Waals surface area (Å²) in [6.45, 7) is 3.26. The van der Waals surface area contributed by atoms with E-state index in [-0.39, 0.29) is 22.5 Å². The van der Waals surface area contributed by atoms with Crippen molar-refractivity contribution >= 4 is 45.5 Å². The van der Waals surface area contributed by atoms with Gasteiger partial charge in [-0.2, -0.15) is 0 Å². The summed E-state index contributed by atoms with van der Waals surface area (Å²) < 4.78 is 0.494. The van der Waals surface area contributed by atoms with E-state index in [0.29, 0.717) is 4.47 Å². The highest BCUT2D eigenvalue weighted by Gasteiger charge is 2.26. The van der Waals surface area contributed by atoms with Crippen molar-refractivity contribution in [3.63, 3.8) is 0 Å². The van der Waals surface area contributed by atoms with Crippen LogP contribution in [0.25, 0.3) is 6.08 Å². The molecule has 3 N–H and O–H groups in total. The molecule has 0 aliphatic heterocycles. The van der Waals surface area contributed by atoms with E-state index in [1.807, 2.05) is 0 Å². The van der Waals surface area contributed by atoms with Crippen LogP contribution in [0.15, 0.2) is 58.7 Å². The van der Waals surface area contributed by atoms with Gasteiger partial charge in [-0.05, 0) is 45.6 Å². The van der Waals surface area contributed by atoms with Crippen molar-refractivity contribution in [1.29, 1.82) is 0 Å². The highest BCUT2D eigenvalue weighted by atomic mass is 79.9. The van der Waals surface area contributed by atoms with Crippen molar-refractivity contribution in [2.24, 2.45) is 5.92 Å². The Hall–Kier alpha value is -3.53. The highest BCUT2D eigenvalue weighted by Crippen LogP contribution is 2.18. The Morgan fingerprint density at radius 3 is 2.39 bits per heavy atom. The number of rotatable bonds is 8. The first-order valence-electron chi connectivity index (χ1n) is 9.16. The van der Waals surface area contributed by atoms with Crippen molar-refractivity contribution in [3.8, 4) is 0 Å². The lowest BCUT2D eigenvalue weighted by atomic mass is 10.0. The molecule has 0 saturated carbocycles. The third-order valence-corrected chi connectivity index (χ3v) is 4.91. The van der Waals surface area contributed by atoms with E-state index in [9.17, 15) is 29.6 Å². The van der Waals surface area contributed by atoms with Gasteiger partial charge in [0.25, 0.3) is 17.5 Å². The zero-order chi connectivity index (χ0) is 23.1. The molecule has 162 valence electrons. The lowest BCUT2D eigenvalue weighted by molar-refractivity contribution is -0.384. The molecule has 0 saturated heterocycles. The van der Waals surface area contributed by atoms with Gasteiger partial charge in [0.1, 0.15) is 11.7 Å². The first-order valence-corrected chi connectivity index (χ1v) is 9.95. The number of nitrogens with zero attached hydrogens (tertiary/aromatic N) is 1. The second kappa shape index (κ2) is 10.5. The first kappa shape index (κ1) is 23.7. The molecule has 2 aromatic rings. The largest absolute Gasteiger partial charge is 0.480 e. The zero-order valence-corrected chi connectivity index (χ0v) is 18.3. The van der Waals surface area contributed by atoms with E-state index in [2.05, 4.69) is 26.6 Å². The van der Waals surface area contributed by atoms with Gasteiger partial charge in [0.2, 0.25) is 0 Å². The predicted molar refractivity (Wildman–Crippen MR) is 117 cm³/mol. The molecular weight excluding hydrogens is 470 g/mol. The lowest BCUT2D eigenvalue weighted by Gasteiger charge is -2.19. The Kier molecular flexibility index (Phi) is 8.03. The molecule has 0 aromatic heterocycles. The van der Waals surface area contributed by atoms with Crippen LogP contribution in [0.5, 0.6) is 0 Å². The summed E-state index contributed by atoms with van der Waals surface area (Å²) >= 11 is 3.26. The number of benzene rings is 2. The molecule has 2 aromatic carbocycles. The van der Waals surface area contributed by atoms with Crippen molar-refractivity contribution < 1.29 is 24.4 Å². The smallest absolute Gasteiger partial charge is 0.326 e. The van der Waals surface area contributed by atoms with Crippen LogP contribution in [-0.4, -0.2) is 33.9 Å². The number of hydrogen-bond acceptors (Lipinski definition) is 5. The molecule has 0 bridgehead atoms. The monoisotopic (exact) mass is 489 g/mol. The maximum absolute atomic E-state index is 12.8. The number of carboxylic acids is 1. The fourth-order valence-corrected chi connectivity index (χ4v) is 3.09. The number of nitro benzene ring substituents is 1. The molecule has 0 radical (unpaired) electrons. The number of halogens is 1. The molecule has 31 heavy (non-hydrogen) atoms. The number of carbonyl (C=O) groups excluding carboxylic acids is 2. The van der Waals surface area contributed by atoms with Crippen molar-refractivity contribution in [3.05, 3.63) is 79.9 Å². The van der Waals surface area contributed by atoms with E-state index < -0.39 is 34.7 Å². The minimum Gasteiger partial charge on any atom is -0.480 e. The molecule has 0 aliphatic carbocycles. The number of nitro groups is 1. The van der Waals surface area contributed by atoms with Crippen molar-refractivity contribution in [2.45, 2.75) is 19.9 Å². The molecule has 0 aliphatic rings. The molecule has 1 atom stereocenters. The molecule has 9 nitrogen and oxygen atoms in total. The van der Waals surface area contributed by atoms with Crippen LogP contribution in [0, 0.1) is 16.0 Å². The Morgan fingerprint density at radius 2 is 1.81 bits per heavy atom. The number of carbonyl (C=O) groups is 3. The number of non-ortho nitro benzene ring substituents is 1. The summed E-state index contributed by atoms with van der Waals surface area (Å²) in [5.41, 5.74) is 0.0754. The standard InChI is InChI=1S/C21H20BrN3O6/c1-12(2)18(21(28)29)24-20(27)17(11-13-6-5-7-14(10-13)25(30)31)23-19(26)15-8-3-4-9-16(15)22/h3-12,18H,1-2H3,(H,23,26)(H,24,27)(H,28,29)/b17-11+/t18-/m1/s1. The van der Waals surface area contributed by atoms with E-state index in [1.54, 1.807) is 32.0 Å². The third-order valence-electron chi connectivity index (χ3n) is 4.22. The van der Waals surface area contributed by atoms with Gasteiger partial charge in [-0.25, -0.2) is 4.79 Å². The molecule has 10 heteroatoms. The van der Waals surface area contributed by atoms with E-state index in [1.165, 1.54) is 36.4 Å². The zero-order valence-electron chi connectivity index (χ0n) is 16.7. The Morgan fingerprint density at radius 1 is 1.13 bits per heavy atom.